The van der Waals surface area contributed by atoms with Crippen LogP contribution in [0.15, 0.2) is 0 Å². The number of rotatable bonds is 2. The van der Waals surface area contributed by atoms with E-state index < -0.39 is 81.4 Å². The average Bonchev–Trinajstić information content (AvgIpc) is 2.01. The fourth-order valence-electron chi connectivity index (χ4n) is 0.0136. The van der Waals surface area contributed by atoms with Crippen LogP contribution in [0.5, 0.6) is 0 Å². The Balaban J connectivity index is -0.0000000288. The van der Waals surface area contributed by atoms with Crippen molar-refractivity contribution in [2.24, 2.45) is 0 Å². The summed E-state index contributed by atoms with van der Waals surface area (Å²) in [5, 5.41) is 0. The summed E-state index contributed by atoms with van der Waals surface area (Å²) < 4.78 is 98.7. The van der Waals surface area contributed by atoms with Gasteiger partial charge in [-0.1, -0.05) is 0 Å². The van der Waals surface area contributed by atoms with E-state index >= 15 is 0 Å². The molecule has 12 nitrogen and oxygen atoms in total. The Morgan fingerprint density at radius 3 is 0.737 bits per heavy atom. The summed E-state index contributed by atoms with van der Waals surface area (Å²) in [5.41, 5.74) is 0. The summed E-state index contributed by atoms with van der Waals surface area (Å²) in [7, 11) is 0. The second kappa shape index (κ2) is 37.5. The fraction of sp³-hybridized carbons (Fsp3) is 0. The van der Waals surface area contributed by atoms with E-state index in [0.29, 0.717) is 0 Å². The standard InChI is InChI=1S/4Bi.3H2O3S.3O/c;;;;3*1-4(2)3;;;/h;;;;3*(H2,1,2,3);;;/q;;2*+3;;;;;;/p-6. The Labute approximate surface area is 177 Å². The second-order valence-corrected chi connectivity index (χ2v) is 9.43. The van der Waals surface area contributed by atoms with Crippen LogP contribution in [0.4, 0.5) is 0 Å². The molecular formula is Bi4O12S3. The average molecular weight is 1120 g/mol. The van der Waals surface area contributed by atoms with Gasteiger partial charge in [0, 0.05) is 0 Å². The summed E-state index contributed by atoms with van der Waals surface area (Å²) in [5.74, 6) is 0. The molecule has 0 unspecified atom stereocenters. The van der Waals surface area contributed by atoms with E-state index in [9.17, 15) is 5.63 Å². The quantitative estimate of drug-likeness (QED) is 0.187. The molecule has 19 heavy (non-hydrogen) atoms. The molecule has 0 aromatic carbocycles. The van der Waals surface area contributed by atoms with Crippen molar-refractivity contribution in [2.75, 3.05) is 0 Å². The minimum atomic E-state index is -3.11. The van der Waals surface area contributed by atoms with E-state index in [0.717, 1.165) is 0 Å². The fourth-order valence-corrected chi connectivity index (χ4v) is 1.05. The van der Waals surface area contributed by atoms with Crippen LogP contribution < -0.4 is 0 Å². The summed E-state index contributed by atoms with van der Waals surface area (Å²) in [6.45, 7) is 0. The molecule has 0 heterocycles. The van der Waals surface area contributed by atoms with Crippen molar-refractivity contribution >= 4 is 134 Å². The molecule has 0 rings (SSSR count). The Bertz CT molecular complexity index is 195. The molecule has 0 aliphatic carbocycles. The van der Waals surface area contributed by atoms with E-state index in [1.165, 1.54) is 0 Å². The van der Waals surface area contributed by atoms with Crippen LogP contribution in [0.1, 0.15) is 0 Å². The molecule has 110 valence electrons. The normalized spacial score (nSPS) is 7.21. The van der Waals surface area contributed by atoms with Gasteiger partial charge in [0.15, 0.2) is 0 Å². The second-order valence-electron chi connectivity index (χ2n) is 0.843. The molecule has 0 saturated carbocycles. The van der Waals surface area contributed by atoms with E-state index in [4.69, 9.17) is 39.9 Å². The van der Waals surface area contributed by atoms with Crippen molar-refractivity contribution in [2.45, 2.75) is 0 Å². The van der Waals surface area contributed by atoms with E-state index in [2.05, 4.69) is 0.889 Å². The van der Waals surface area contributed by atoms with Gasteiger partial charge in [-0.25, -0.2) is 0 Å². The van der Waals surface area contributed by atoms with Crippen LogP contribution in [-0.4, -0.2) is 140 Å². The van der Waals surface area contributed by atoms with Crippen molar-refractivity contribution in [1.29, 1.82) is 0 Å². The minimum absolute atomic E-state index is 0. The third-order valence-electron chi connectivity index (χ3n) is 0.0667. The first-order chi connectivity index (χ1) is 7.61. The van der Waals surface area contributed by atoms with Gasteiger partial charge in [0.1, 0.15) is 0 Å². The van der Waals surface area contributed by atoms with Crippen LogP contribution in [-0.2, 0) is 40.6 Å². The predicted octanol–water partition coefficient (Wildman–Crippen LogP) is -4.84. The zero-order valence-electron chi connectivity index (χ0n) is 7.91. The summed E-state index contributed by atoms with van der Waals surface area (Å²) in [4.78, 5) is 0. The van der Waals surface area contributed by atoms with E-state index in [1.807, 2.05) is 0 Å². The van der Waals surface area contributed by atoms with Gasteiger partial charge in [-0.3, -0.25) is 12.6 Å². The maximum atomic E-state index is 9.33. The van der Waals surface area contributed by atoms with Gasteiger partial charge in [-0.2, -0.15) is 0 Å². The molecular weight excluding hydrogens is 1120 g/mol. The zero-order valence-corrected chi connectivity index (χ0v) is 24.3. The molecule has 0 spiro atoms. The van der Waals surface area contributed by atoms with E-state index in [1.54, 1.807) is 0 Å². The van der Waals surface area contributed by atoms with Gasteiger partial charge in [-0.15, -0.1) is 34.1 Å². The third-order valence-corrected chi connectivity index (χ3v) is 5.13. The van der Waals surface area contributed by atoms with Crippen LogP contribution in [0.3, 0.4) is 0 Å². The molecule has 0 N–H and O–H groups in total. The molecule has 0 aliphatic rings. The van der Waals surface area contributed by atoms with Crippen LogP contribution >= 0.6 is 0 Å². The Morgan fingerprint density at radius 2 is 0.737 bits per heavy atom. The number of hydrogen-bond donors (Lipinski definition) is 0. The molecule has 0 aromatic rings. The molecule has 0 fully saturated rings. The topological polar surface area (TPSA) is 233 Å². The Hall–Kier alpha value is 3.30. The molecule has 0 aliphatic heterocycles. The van der Waals surface area contributed by atoms with Gasteiger partial charge in [-0.05, 0) is 0 Å². The van der Waals surface area contributed by atoms with Crippen molar-refractivity contribution in [1.82, 2.24) is 0 Å². The Kier molecular flexibility index (Phi) is 75.2. The first-order valence-electron chi connectivity index (χ1n) is 2.23. The Morgan fingerprint density at radius 1 is 0.632 bits per heavy atom. The van der Waals surface area contributed by atoms with Crippen molar-refractivity contribution in [3.8, 4) is 0 Å². The van der Waals surface area contributed by atoms with Crippen LogP contribution in [0.25, 0.3) is 0 Å². The summed E-state index contributed by atoms with van der Waals surface area (Å²) in [6.07, 6.45) is 0. The third kappa shape index (κ3) is 282. The number of hydrogen-bond acceptors (Lipinski definition) is 12. The maximum absolute atomic E-state index is 9.33. The summed E-state index contributed by atoms with van der Waals surface area (Å²) >= 11 is -13.0. The van der Waals surface area contributed by atoms with Crippen molar-refractivity contribution < 1.29 is 46.5 Å². The monoisotopic (exact) mass is 1120 g/mol. The molecule has 0 saturated heterocycles. The van der Waals surface area contributed by atoms with Gasteiger partial charge in [0.25, 0.3) is 0 Å². The van der Waals surface area contributed by atoms with Crippen LogP contribution in [0, 0.1) is 0 Å². The predicted molar refractivity (Wildman–Crippen MR) is 54.6 cm³/mol. The molecule has 0 atom stereocenters. The molecule has 19 heteroatoms. The molecule has 0 amide bonds. The zero-order chi connectivity index (χ0) is 14.9. The van der Waals surface area contributed by atoms with Crippen LogP contribution in [0.2, 0.25) is 0 Å². The first-order valence-corrected chi connectivity index (χ1v) is 10.9. The van der Waals surface area contributed by atoms with E-state index in [-0.39, 0.29) is 52.4 Å². The van der Waals surface area contributed by atoms with Gasteiger partial charge in [0.2, 0.25) is 0 Å². The SMILES string of the molecule is O=S([O-])[O-].O=S([O-])[O-].O=S([O-])[O-].[Bi+3].[Bi+3].[O]=[Bi][O][Bi]=[O]. The van der Waals surface area contributed by atoms with Gasteiger partial charge >= 0.3 is 106 Å². The van der Waals surface area contributed by atoms with Gasteiger partial charge < -0.3 is 27.3 Å². The summed E-state index contributed by atoms with van der Waals surface area (Å²) in [6, 6.07) is 0. The van der Waals surface area contributed by atoms with Crippen molar-refractivity contribution in [3.05, 3.63) is 0 Å². The molecule has 0 bridgehead atoms. The van der Waals surface area contributed by atoms with Crippen molar-refractivity contribution in [3.63, 3.8) is 0 Å². The molecule has 0 aromatic heterocycles. The molecule has 4 radical (unpaired) electrons. The van der Waals surface area contributed by atoms with Gasteiger partial charge in [0.05, 0.1) is 0 Å². The first kappa shape index (κ1) is 38.1.